The van der Waals surface area contributed by atoms with E-state index in [0.29, 0.717) is 22.9 Å². The summed E-state index contributed by atoms with van der Waals surface area (Å²) < 4.78 is 15.9. The second kappa shape index (κ2) is 6.92. The maximum atomic E-state index is 5.70. The van der Waals surface area contributed by atoms with Crippen molar-refractivity contribution in [2.75, 3.05) is 21.3 Å². The van der Waals surface area contributed by atoms with Crippen LogP contribution in [0, 0.1) is 0 Å². The van der Waals surface area contributed by atoms with Gasteiger partial charge in [0.1, 0.15) is 11.4 Å². The van der Waals surface area contributed by atoms with Crippen LogP contribution in [0.5, 0.6) is 17.2 Å². The third-order valence-electron chi connectivity index (χ3n) is 3.20. The zero-order valence-corrected chi connectivity index (χ0v) is 12.3. The van der Waals surface area contributed by atoms with Crippen LogP contribution < -0.4 is 25.5 Å². The first-order chi connectivity index (χ1) is 10.2. The molecule has 0 spiro atoms. The lowest BCUT2D eigenvalue weighted by Crippen LogP contribution is -2.29. The molecule has 0 saturated heterocycles. The van der Waals surface area contributed by atoms with Crippen molar-refractivity contribution in [2.45, 2.75) is 6.04 Å². The van der Waals surface area contributed by atoms with Gasteiger partial charge in [0.25, 0.3) is 0 Å². The second-order valence-corrected chi connectivity index (χ2v) is 4.31. The first kappa shape index (κ1) is 15.1. The summed E-state index contributed by atoms with van der Waals surface area (Å²) in [6.45, 7) is 0. The summed E-state index contributed by atoms with van der Waals surface area (Å²) >= 11 is 0. The number of methoxy groups -OCH3 is 3. The van der Waals surface area contributed by atoms with Crippen LogP contribution in [-0.4, -0.2) is 26.3 Å². The SMILES string of the molecule is COc1ccc(C(NN)c2ncccc2OC)cc1OC. The second-order valence-electron chi connectivity index (χ2n) is 4.31. The van der Waals surface area contributed by atoms with Gasteiger partial charge in [0.15, 0.2) is 11.5 Å². The van der Waals surface area contributed by atoms with Gasteiger partial charge in [0.05, 0.1) is 27.4 Å². The Labute approximate surface area is 123 Å². The number of pyridine rings is 1. The lowest BCUT2D eigenvalue weighted by Gasteiger charge is -2.19. The van der Waals surface area contributed by atoms with Crippen LogP contribution >= 0.6 is 0 Å². The monoisotopic (exact) mass is 289 g/mol. The highest BCUT2D eigenvalue weighted by atomic mass is 16.5. The van der Waals surface area contributed by atoms with E-state index in [2.05, 4.69) is 10.4 Å². The van der Waals surface area contributed by atoms with E-state index in [-0.39, 0.29) is 6.04 Å². The first-order valence-corrected chi connectivity index (χ1v) is 6.42. The maximum absolute atomic E-state index is 5.70. The number of nitrogens with zero attached hydrogens (tertiary/aromatic N) is 1. The fourth-order valence-electron chi connectivity index (χ4n) is 2.16. The quantitative estimate of drug-likeness (QED) is 0.622. The maximum Gasteiger partial charge on any atom is 0.161 e. The molecular formula is C15H19N3O3. The Kier molecular flexibility index (Phi) is 4.97. The molecule has 1 unspecified atom stereocenters. The van der Waals surface area contributed by atoms with Gasteiger partial charge in [-0.1, -0.05) is 6.07 Å². The molecule has 0 aliphatic rings. The lowest BCUT2D eigenvalue weighted by atomic mass is 10.0. The number of nitrogens with one attached hydrogen (secondary N) is 1. The molecule has 0 fully saturated rings. The highest BCUT2D eigenvalue weighted by Crippen LogP contribution is 2.33. The summed E-state index contributed by atoms with van der Waals surface area (Å²) in [5, 5.41) is 0. The topological polar surface area (TPSA) is 78.6 Å². The molecule has 6 nitrogen and oxygen atoms in total. The van der Waals surface area contributed by atoms with Crippen LogP contribution in [0.25, 0.3) is 0 Å². The molecule has 2 rings (SSSR count). The zero-order valence-electron chi connectivity index (χ0n) is 12.3. The van der Waals surface area contributed by atoms with Crippen molar-refractivity contribution in [3.05, 3.63) is 47.8 Å². The van der Waals surface area contributed by atoms with Crippen LogP contribution in [0.15, 0.2) is 36.5 Å². The van der Waals surface area contributed by atoms with E-state index < -0.39 is 0 Å². The van der Waals surface area contributed by atoms with E-state index in [4.69, 9.17) is 20.1 Å². The molecule has 112 valence electrons. The highest BCUT2D eigenvalue weighted by Gasteiger charge is 2.19. The van der Waals surface area contributed by atoms with Gasteiger partial charge in [0, 0.05) is 6.20 Å². The fraction of sp³-hybridized carbons (Fsp3) is 0.267. The number of hydrogen-bond acceptors (Lipinski definition) is 6. The molecule has 2 aromatic rings. The van der Waals surface area contributed by atoms with Gasteiger partial charge in [0.2, 0.25) is 0 Å². The largest absolute Gasteiger partial charge is 0.495 e. The number of nitrogens with two attached hydrogens (primary N) is 1. The van der Waals surface area contributed by atoms with Crippen LogP contribution in [0.2, 0.25) is 0 Å². The lowest BCUT2D eigenvalue weighted by molar-refractivity contribution is 0.354. The Bertz CT molecular complexity index is 604. The summed E-state index contributed by atoms with van der Waals surface area (Å²) in [4.78, 5) is 4.36. The Morgan fingerprint density at radius 2 is 1.71 bits per heavy atom. The standard InChI is InChI=1S/C15H19N3O3/c1-19-11-7-6-10(9-13(11)21-3)14(18-16)15-12(20-2)5-4-8-17-15/h4-9,14,18H,16H2,1-3H3. The first-order valence-electron chi connectivity index (χ1n) is 6.42. The van der Waals surface area contributed by atoms with E-state index in [1.165, 1.54) is 0 Å². The number of ether oxygens (including phenoxy) is 3. The van der Waals surface area contributed by atoms with Gasteiger partial charge in [-0.25, -0.2) is 5.43 Å². The molecule has 0 bridgehead atoms. The van der Waals surface area contributed by atoms with Crippen molar-refractivity contribution in [3.63, 3.8) is 0 Å². The summed E-state index contributed by atoms with van der Waals surface area (Å²) in [6, 6.07) is 8.92. The number of rotatable bonds is 6. The number of hydrogen-bond donors (Lipinski definition) is 2. The Balaban J connectivity index is 2.46. The van der Waals surface area contributed by atoms with Gasteiger partial charge in [-0.05, 0) is 29.8 Å². The molecule has 0 saturated carbocycles. The van der Waals surface area contributed by atoms with E-state index in [1.54, 1.807) is 27.5 Å². The van der Waals surface area contributed by atoms with Crippen molar-refractivity contribution in [3.8, 4) is 17.2 Å². The molecule has 1 aromatic heterocycles. The van der Waals surface area contributed by atoms with Gasteiger partial charge in [-0.3, -0.25) is 10.8 Å². The summed E-state index contributed by atoms with van der Waals surface area (Å²) in [5.74, 6) is 7.65. The molecule has 0 radical (unpaired) electrons. The van der Waals surface area contributed by atoms with Gasteiger partial charge in [-0.15, -0.1) is 0 Å². The molecule has 1 heterocycles. The van der Waals surface area contributed by atoms with Gasteiger partial charge in [-0.2, -0.15) is 0 Å². The predicted molar refractivity (Wildman–Crippen MR) is 79.5 cm³/mol. The van der Waals surface area contributed by atoms with Gasteiger partial charge >= 0.3 is 0 Å². The normalized spacial score (nSPS) is 11.8. The Morgan fingerprint density at radius 3 is 2.33 bits per heavy atom. The number of aromatic nitrogens is 1. The summed E-state index contributed by atoms with van der Waals surface area (Å²) in [5.41, 5.74) is 4.36. The van der Waals surface area contributed by atoms with Crippen LogP contribution in [0.1, 0.15) is 17.3 Å². The minimum Gasteiger partial charge on any atom is -0.495 e. The molecule has 6 heteroatoms. The smallest absolute Gasteiger partial charge is 0.161 e. The van der Waals surface area contributed by atoms with Gasteiger partial charge < -0.3 is 14.2 Å². The molecular weight excluding hydrogens is 270 g/mol. The van der Waals surface area contributed by atoms with Crippen molar-refractivity contribution in [1.82, 2.24) is 10.4 Å². The molecule has 0 aliphatic carbocycles. The molecule has 3 N–H and O–H groups in total. The van der Waals surface area contributed by atoms with Crippen LogP contribution in [0.4, 0.5) is 0 Å². The number of benzene rings is 1. The average Bonchev–Trinajstić information content (AvgIpc) is 2.55. The summed E-state index contributed by atoms with van der Waals surface area (Å²) in [6.07, 6.45) is 1.70. The Hall–Kier alpha value is -2.31. The number of hydrazine groups is 1. The van der Waals surface area contributed by atoms with Crippen molar-refractivity contribution >= 4 is 0 Å². The van der Waals surface area contributed by atoms with Crippen molar-refractivity contribution < 1.29 is 14.2 Å². The third kappa shape index (κ3) is 3.07. The van der Waals surface area contributed by atoms with E-state index in [9.17, 15) is 0 Å². The molecule has 1 atom stereocenters. The summed E-state index contributed by atoms with van der Waals surface area (Å²) in [7, 11) is 4.79. The minimum absolute atomic E-state index is 0.319. The third-order valence-corrected chi connectivity index (χ3v) is 3.20. The molecule has 21 heavy (non-hydrogen) atoms. The average molecular weight is 289 g/mol. The van der Waals surface area contributed by atoms with Crippen molar-refractivity contribution in [1.29, 1.82) is 0 Å². The van der Waals surface area contributed by atoms with Crippen LogP contribution in [-0.2, 0) is 0 Å². The Morgan fingerprint density at radius 1 is 1.00 bits per heavy atom. The highest BCUT2D eigenvalue weighted by molar-refractivity contribution is 5.46. The van der Waals surface area contributed by atoms with Crippen LogP contribution in [0.3, 0.4) is 0 Å². The molecule has 0 aliphatic heterocycles. The zero-order chi connectivity index (χ0) is 15.2. The van der Waals surface area contributed by atoms with Crippen molar-refractivity contribution in [2.24, 2.45) is 5.84 Å². The predicted octanol–water partition coefficient (Wildman–Crippen LogP) is 1.66. The van der Waals surface area contributed by atoms with E-state index in [0.717, 1.165) is 5.56 Å². The molecule has 0 amide bonds. The fourth-order valence-corrected chi connectivity index (χ4v) is 2.16. The van der Waals surface area contributed by atoms with E-state index in [1.807, 2.05) is 30.3 Å². The minimum atomic E-state index is -0.319. The van der Waals surface area contributed by atoms with E-state index >= 15 is 0 Å². The molecule has 1 aromatic carbocycles.